The molecule has 0 unspecified atom stereocenters. The van der Waals surface area contributed by atoms with Crippen molar-refractivity contribution in [3.63, 3.8) is 0 Å². The molecule has 1 amide bonds. The van der Waals surface area contributed by atoms with Crippen LogP contribution in [0.2, 0.25) is 0 Å². The summed E-state index contributed by atoms with van der Waals surface area (Å²) in [5, 5.41) is 3.72. The lowest BCUT2D eigenvalue weighted by Crippen LogP contribution is -2.28. The van der Waals surface area contributed by atoms with Crippen LogP contribution in [-0.4, -0.2) is 37.6 Å². The highest BCUT2D eigenvalue weighted by molar-refractivity contribution is 5.93. The molecule has 0 saturated carbocycles. The van der Waals surface area contributed by atoms with Gasteiger partial charge in [-0.05, 0) is 29.8 Å². The van der Waals surface area contributed by atoms with Crippen LogP contribution in [0.15, 0.2) is 66.9 Å². The van der Waals surface area contributed by atoms with Crippen molar-refractivity contribution in [1.29, 1.82) is 0 Å². The second-order valence-electron chi connectivity index (χ2n) is 6.70. The smallest absolute Gasteiger partial charge is 0.331 e. The SMILES string of the molecule is CN(C)c1ccc(CNC(=O)COC(=O)/C=C/c2cccc3cccnc23)cc1. The number of hydrogen-bond donors (Lipinski definition) is 1. The lowest BCUT2D eigenvalue weighted by molar-refractivity contribution is -0.143. The molecule has 0 saturated heterocycles. The standard InChI is InChI=1S/C23H23N3O3/c1-26(2)20-11-8-17(9-12-20)15-25-21(27)16-29-22(28)13-10-19-6-3-5-18-7-4-14-24-23(18)19/h3-14H,15-16H2,1-2H3,(H,25,27)/b13-10+. The Morgan fingerprint density at radius 2 is 1.83 bits per heavy atom. The quantitative estimate of drug-likeness (QED) is 0.496. The van der Waals surface area contributed by atoms with Crippen LogP contribution in [-0.2, 0) is 20.9 Å². The summed E-state index contributed by atoms with van der Waals surface area (Å²) in [6, 6.07) is 17.4. The van der Waals surface area contributed by atoms with Crippen molar-refractivity contribution in [2.24, 2.45) is 0 Å². The van der Waals surface area contributed by atoms with E-state index in [1.165, 1.54) is 6.08 Å². The molecule has 6 heteroatoms. The van der Waals surface area contributed by atoms with Gasteiger partial charge in [0.1, 0.15) is 0 Å². The molecular weight excluding hydrogens is 366 g/mol. The van der Waals surface area contributed by atoms with E-state index in [9.17, 15) is 9.59 Å². The van der Waals surface area contributed by atoms with Crippen molar-refractivity contribution < 1.29 is 14.3 Å². The highest BCUT2D eigenvalue weighted by Gasteiger charge is 2.06. The number of amides is 1. The van der Waals surface area contributed by atoms with Gasteiger partial charge in [-0.25, -0.2) is 4.79 Å². The Morgan fingerprint density at radius 3 is 2.59 bits per heavy atom. The Hall–Kier alpha value is -3.67. The number of esters is 1. The van der Waals surface area contributed by atoms with Crippen molar-refractivity contribution in [3.05, 3.63) is 78.0 Å². The first-order valence-electron chi connectivity index (χ1n) is 9.24. The number of carbonyl (C=O) groups excluding carboxylic acids is 2. The number of ether oxygens (including phenoxy) is 1. The van der Waals surface area contributed by atoms with Crippen LogP contribution in [0.1, 0.15) is 11.1 Å². The van der Waals surface area contributed by atoms with Gasteiger partial charge in [-0.2, -0.15) is 0 Å². The fraction of sp³-hybridized carbons (Fsp3) is 0.174. The molecule has 0 aliphatic heterocycles. The van der Waals surface area contributed by atoms with Crippen LogP contribution in [0.25, 0.3) is 17.0 Å². The van der Waals surface area contributed by atoms with Gasteiger partial charge in [0.25, 0.3) is 5.91 Å². The molecule has 6 nitrogen and oxygen atoms in total. The van der Waals surface area contributed by atoms with Crippen LogP contribution in [0.3, 0.4) is 0 Å². The molecule has 0 fully saturated rings. The average molecular weight is 389 g/mol. The Kier molecular flexibility index (Phi) is 6.58. The van der Waals surface area contributed by atoms with Gasteiger partial charge in [0.2, 0.25) is 0 Å². The summed E-state index contributed by atoms with van der Waals surface area (Å²) in [6.45, 7) is 0.0499. The van der Waals surface area contributed by atoms with E-state index in [-0.39, 0.29) is 12.5 Å². The minimum atomic E-state index is -0.580. The van der Waals surface area contributed by atoms with Gasteiger partial charge in [-0.15, -0.1) is 0 Å². The molecule has 0 spiro atoms. The van der Waals surface area contributed by atoms with E-state index in [1.807, 2.05) is 73.6 Å². The van der Waals surface area contributed by atoms with E-state index in [2.05, 4.69) is 10.3 Å². The molecule has 3 rings (SSSR count). The second-order valence-corrected chi connectivity index (χ2v) is 6.70. The summed E-state index contributed by atoms with van der Waals surface area (Å²) in [6.07, 6.45) is 4.65. The summed E-state index contributed by atoms with van der Waals surface area (Å²) in [5.74, 6) is -0.932. The normalized spacial score (nSPS) is 10.8. The van der Waals surface area contributed by atoms with Gasteiger partial charge in [-0.1, -0.05) is 36.4 Å². The zero-order chi connectivity index (χ0) is 20.6. The highest BCUT2D eigenvalue weighted by Crippen LogP contribution is 2.17. The number of nitrogens with zero attached hydrogens (tertiary/aromatic N) is 2. The Bertz CT molecular complexity index is 1020. The number of anilines is 1. The monoisotopic (exact) mass is 389 g/mol. The summed E-state index contributed by atoms with van der Waals surface area (Å²) in [7, 11) is 3.94. The summed E-state index contributed by atoms with van der Waals surface area (Å²) >= 11 is 0. The van der Waals surface area contributed by atoms with Crippen LogP contribution in [0, 0.1) is 0 Å². The van der Waals surface area contributed by atoms with Crippen molar-refractivity contribution in [2.45, 2.75) is 6.54 Å². The molecular formula is C23H23N3O3. The third-order valence-corrected chi connectivity index (χ3v) is 4.35. The number of benzene rings is 2. The highest BCUT2D eigenvalue weighted by atomic mass is 16.5. The van der Waals surface area contributed by atoms with E-state index >= 15 is 0 Å². The largest absolute Gasteiger partial charge is 0.452 e. The first kappa shape index (κ1) is 20.1. The van der Waals surface area contributed by atoms with Gasteiger partial charge in [-0.3, -0.25) is 9.78 Å². The van der Waals surface area contributed by atoms with E-state index < -0.39 is 5.97 Å². The van der Waals surface area contributed by atoms with Gasteiger partial charge in [0.05, 0.1) is 5.52 Å². The zero-order valence-corrected chi connectivity index (χ0v) is 16.5. The average Bonchev–Trinajstić information content (AvgIpc) is 2.75. The lowest BCUT2D eigenvalue weighted by atomic mass is 10.1. The molecule has 1 N–H and O–H groups in total. The fourth-order valence-electron chi connectivity index (χ4n) is 2.77. The minimum Gasteiger partial charge on any atom is -0.452 e. The Labute approximate surface area is 169 Å². The number of pyridine rings is 1. The fourth-order valence-corrected chi connectivity index (χ4v) is 2.77. The van der Waals surface area contributed by atoms with Crippen molar-refractivity contribution in [1.82, 2.24) is 10.3 Å². The molecule has 0 bridgehead atoms. The van der Waals surface area contributed by atoms with Crippen LogP contribution in [0.4, 0.5) is 5.69 Å². The summed E-state index contributed by atoms with van der Waals surface area (Å²) < 4.78 is 5.01. The molecule has 2 aromatic carbocycles. The number of aromatic nitrogens is 1. The van der Waals surface area contributed by atoms with Crippen molar-refractivity contribution in [2.75, 3.05) is 25.6 Å². The number of fused-ring (bicyclic) bond motifs is 1. The maximum Gasteiger partial charge on any atom is 0.331 e. The Morgan fingerprint density at radius 1 is 1.07 bits per heavy atom. The maximum absolute atomic E-state index is 11.9. The first-order valence-corrected chi connectivity index (χ1v) is 9.24. The van der Waals surface area contributed by atoms with Gasteiger partial charge in [0.15, 0.2) is 6.61 Å². The molecule has 29 heavy (non-hydrogen) atoms. The summed E-state index contributed by atoms with van der Waals surface area (Å²) in [5.41, 5.74) is 3.67. The lowest BCUT2D eigenvalue weighted by Gasteiger charge is -2.12. The topological polar surface area (TPSA) is 71.5 Å². The number of carbonyl (C=O) groups is 2. The van der Waals surface area contributed by atoms with E-state index in [0.29, 0.717) is 6.54 Å². The molecule has 1 aromatic heterocycles. The van der Waals surface area contributed by atoms with Crippen LogP contribution >= 0.6 is 0 Å². The summed E-state index contributed by atoms with van der Waals surface area (Å²) in [4.78, 5) is 30.2. The van der Waals surface area contributed by atoms with Crippen LogP contribution in [0.5, 0.6) is 0 Å². The number of para-hydroxylation sites is 1. The third-order valence-electron chi connectivity index (χ3n) is 4.35. The molecule has 0 aliphatic carbocycles. The maximum atomic E-state index is 11.9. The molecule has 148 valence electrons. The molecule has 3 aromatic rings. The molecule has 0 radical (unpaired) electrons. The van der Waals surface area contributed by atoms with Gasteiger partial charge < -0.3 is 15.0 Å². The number of nitrogens with one attached hydrogen (secondary N) is 1. The van der Waals surface area contributed by atoms with Crippen molar-refractivity contribution >= 4 is 34.5 Å². The number of hydrogen-bond acceptors (Lipinski definition) is 5. The molecule has 1 heterocycles. The van der Waals surface area contributed by atoms with E-state index in [1.54, 1.807) is 12.3 Å². The predicted octanol–water partition coefficient (Wildman–Crippen LogP) is 3.17. The third kappa shape index (κ3) is 5.65. The van der Waals surface area contributed by atoms with E-state index in [4.69, 9.17) is 4.74 Å². The molecule has 0 atom stereocenters. The zero-order valence-electron chi connectivity index (χ0n) is 16.5. The predicted molar refractivity (Wildman–Crippen MR) is 114 cm³/mol. The second kappa shape index (κ2) is 9.50. The van der Waals surface area contributed by atoms with Gasteiger partial charge >= 0.3 is 5.97 Å². The van der Waals surface area contributed by atoms with Crippen LogP contribution < -0.4 is 10.2 Å². The Balaban J connectivity index is 1.47. The number of rotatable bonds is 7. The van der Waals surface area contributed by atoms with E-state index in [0.717, 1.165) is 27.7 Å². The van der Waals surface area contributed by atoms with Gasteiger partial charge in [0, 0.05) is 49.6 Å². The van der Waals surface area contributed by atoms with Crippen molar-refractivity contribution in [3.8, 4) is 0 Å². The molecule has 0 aliphatic rings. The minimum absolute atomic E-state index is 0.327. The first-order chi connectivity index (χ1) is 14.0.